The Kier molecular flexibility index (Phi) is 9.57. The molecule has 0 saturated carbocycles. The lowest BCUT2D eigenvalue weighted by atomic mass is 9.85. The van der Waals surface area contributed by atoms with Crippen molar-refractivity contribution in [3.05, 3.63) is 82.9 Å². The van der Waals surface area contributed by atoms with Crippen molar-refractivity contribution in [3.8, 4) is 0 Å². The van der Waals surface area contributed by atoms with Crippen molar-refractivity contribution in [2.24, 2.45) is 11.8 Å². The molecule has 4 rings (SSSR count). The van der Waals surface area contributed by atoms with Gasteiger partial charge in [0.25, 0.3) is 0 Å². The number of halogens is 1. The van der Waals surface area contributed by atoms with Gasteiger partial charge in [0, 0.05) is 37.0 Å². The van der Waals surface area contributed by atoms with Gasteiger partial charge in [0.1, 0.15) is 6.04 Å². The van der Waals surface area contributed by atoms with Crippen molar-refractivity contribution in [1.82, 2.24) is 15.1 Å². The van der Waals surface area contributed by atoms with Crippen molar-refractivity contribution in [2.75, 3.05) is 6.54 Å². The molecule has 2 aromatic rings. The molecule has 4 amide bonds. The summed E-state index contributed by atoms with van der Waals surface area (Å²) >= 11 is 6.09. The van der Waals surface area contributed by atoms with Gasteiger partial charge in [0.05, 0.1) is 11.8 Å². The number of fused-ring (bicyclic) bond motifs is 1. The Morgan fingerprint density at radius 1 is 0.974 bits per heavy atom. The van der Waals surface area contributed by atoms with E-state index in [1.165, 1.54) is 4.90 Å². The molecule has 0 bridgehead atoms. The van der Waals surface area contributed by atoms with Gasteiger partial charge in [0.15, 0.2) is 0 Å². The zero-order valence-corrected chi connectivity index (χ0v) is 23.3. The van der Waals surface area contributed by atoms with E-state index < -0.39 is 6.04 Å². The van der Waals surface area contributed by atoms with Gasteiger partial charge in [-0.2, -0.15) is 0 Å². The van der Waals surface area contributed by atoms with Crippen LogP contribution in [0.15, 0.2) is 66.7 Å². The minimum Gasteiger partial charge on any atom is -0.352 e. The number of carbonyl (C=O) groups excluding carboxylic acids is 4. The van der Waals surface area contributed by atoms with Crippen LogP contribution < -0.4 is 5.32 Å². The molecule has 0 aromatic heterocycles. The van der Waals surface area contributed by atoms with Crippen LogP contribution in [0.4, 0.5) is 0 Å². The van der Waals surface area contributed by atoms with Crippen LogP contribution in [0.3, 0.4) is 0 Å². The minimum absolute atomic E-state index is 0.00561. The largest absolute Gasteiger partial charge is 0.352 e. The quantitative estimate of drug-likeness (QED) is 0.329. The molecule has 2 aromatic carbocycles. The molecule has 1 aliphatic heterocycles. The third-order valence-electron chi connectivity index (χ3n) is 7.69. The molecule has 0 spiro atoms. The second kappa shape index (κ2) is 13.1. The zero-order chi connectivity index (χ0) is 27.9. The smallest absolute Gasteiger partial charge is 0.243 e. The number of benzene rings is 2. The van der Waals surface area contributed by atoms with E-state index in [0.29, 0.717) is 24.3 Å². The molecule has 7 nitrogen and oxygen atoms in total. The number of likely N-dealkylation sites (tertiary alicyclic amines) is 1. The summed E-state index contributed by atoms with van der Waals surface area (Å²) in [6, 6.07) is 15.9. The van der Waals surface area contributed by atoms with Crippen LogP contribution in [0.1, 0.15) is 50.7 Å². The Hall–Kier alpha value is -3.45. The molecule has 1 heterocycles. The number of hydrogen-bond donors (Lipinski definition) is 1. The third-order valence-corrected chi connectivity index (χ3v) is 7.94. The first kappa shape index (κ1) is 28.6. The van der Waals surface area contributed by atoms with E-state index in [0.717, 1.165) is 17.5 Å². The molecule has 39 heavy (non-hydrogen) atoms. The summed E-state index contributed by atoms with van der Waals surface area (Å²) in [6.07, 6.45) is 6.03. The number of amides is 4. The average Bonchev–Trinajstić information content (AvgIpc) is 3.19. The van der Waals surface area contributed by atoms with Crippen molar-refractivity contribution in [3.63, 3.8) is 0 Å². The van der Waals surface area contributed by atoms with Gasteiger partial charge >= 0.3 is 0 Å². The number of nitrogens with one attached hydrogen (secondary N) is 1. The average molecular weight is 550 g/mol. The third kappa shape index (κ3) is 6.95. The van der Waals surface area contributed by atoms with Crippen molar-refractivity contribution in [1.29, 1.82) is 0 Å². The molecule has 0 unspecified atom stereocenters. The van der Waals surface area contributed by atoms with Crippen LogP contribution in [-0.2, 0) is 32.1 Å². The Morgan fingerprint density at radius 3 is 2.18 bits per heavy atom. The van der Waals surface area contributed by atoms with Gasteiger partial charge in [-0.05, 0) is 49.4 Å². The van der Waals surface area contributed by atoms with Gasteiger partial charge in [-0.25, -0.2) is 0 Å². The fourth-order valence-electron chi connectivity index (χ4n) is 5.22. The van der Waals surface area contributed by atoms with Gasteiger partial charge in [0.2, 0.25) is 23.6 Å². The molecule has 206 valence electrons. The maximum absolute atomic E-state index is 13.8. The highest BCUT2D eigenvalue weighted by Crippen LogP contribution is 2.35. The molecule has 1 aliphatic carbocycles. The molecular weight excluding hydrogens is 514 g/mol. The first-order valence-corrected chi connectivity index (χ1v) is 14.0. The second-order valence-corrected chi connectivity index (χ2v) is 10.8. The summed E-state index contributed by atoms with van der Waals surface area (Å²) in [5.74, 6) is -1.62. The predicted molar refractivity (Wildman–Crippen MR) is 151 cm³/mol. The highest BCUT2D eigenvalue weighted by Gasteiger charge is 2.47. The molecular formula is C31H36ClN3O4. The molecule has 1 N–H and O–H groups in total. The van der Waals surface area contributed by atoms with Crippen LogP contribution >= 0.6 is 11.6 Å². The SMILES string of the molecule is CC[C@@H](C)NC(=O)[C@H](Cc1ccccc1)N(Cc1ccc(Cl)cc1)C(=O)CCN1C(=O)[C@H]2CC=CC[C@H]2C1=O. The van der Waals surface area contributed by atoms with E-state index in [9.17, 15) is 19.2 Å². The number of nitrogens with zero attached hydrogens (tertiary/aromatic N) is 2. The van der Waals surface area contributed by atoms with Crippen LogP contribution in [-0.4, -0.2) is 52.1 Å². The van der Waals surface area contributed by atoms with E-state index in [1.807, 2.05) is 68.5 Å². The Morgan fingerprint density at radius 2 is 1.59 bits per heavy atom. The van der Waals surface area contributed by atoms with E-state index in [1.54, 1.807) is 17.0 Å². The van der Waals surface area contributed by atoms with E-state index in [4.69, 9.17) is 11.6 Å². The minimum atomic E-state index is -0.777. The predicted octanol–water partition coefficient (Wildman–Crippen LogP) is 4.54. The van der Waals surface area contributed by atoms with E-state index in [-0.39, 0.29) is 61.0 Å². The topological polar surface area (TPSA) is 86.8 Å². The Labute approximate surface area is 235 Å². The summed E-state index contributed by atoms with van der Waals surface area (Å²) in [6.45, 7) is 4.12. The lowest BCUT2D eigenvalue weighted by Crippen LogP contribution is -2.52. The zero-order valence-electron chi connectivity index (χ0n) is 22.5. The monoisotopic (exact) mass is 549 g/mol. The molecule has 2 aliphatic rings. The van der Waals surface area contributed by atoms with Gasteiger partial charge in [-0.1, -0.05) is 73.1 Å². The van der Waals surface area contributed by atoms with Gasteiger partial charge < -0.3 is 10.2 Å². The summed E-state index contributed by atoms with van der Waals surface area (Å²) < 4.78 is 0. The van der Waals surface area contributed by atoms with Gasteiger partial charge in [-0.15, -0.1) is 0 Å². The van der Waals surface area contributed by atoms with Crippen LogP contribution in [0.5, 0.6) is 0 Å². The lowest BCUT2D eigenvalue weighted by molar-refractivity contribution is -0.144. The standard InChI is InChI=1S/C31H36ClN3O4/c1-3-21(2)33-29(37)27(19-22-9-5-4-6-10-22)35(20-23-13-15-24(32)16-14-23)28(36)17-18-34-30(38)25-11-7-8-12-26(25)31(34)39/h4-10,13-16,21,25-27H,3,11-12,17-20H2,1-2H3,(H,33,37)/t21-,25-,26+,27+/m1/s1. The molecule has 0 radical (unpaired) electrons. The van der Waals surface area contributed by atoms with Crippen molar-refractivity contribution in [2.45, 2.75) is 64.6 Å². The highest BCUT2D eigenvalue weighted by molar-refractivity contribution is 6.30. The number of carbonyl (C=O) groups is 4. The first-order chi connectivity index (χ1) is 18.8. The van der Waals surface area contributed by atoms with Crippen molar-refractivity contribution >= 4 is 35.2 Å². The number of hydrogen-bond acceptors (Lipinski definition) is 4. The van der Waals surface area contributed by atoms with E-state index >= 15 is 0 Å². The molecule has 4 atom stereocenters. The number of rotatable bonds is 11. The Bertz CT molecular complexity index is 1190. The lowest BCUT2D eigenvalue weighted by Gasteiger charge is -2.33. The highest BCUT2D eigenvalue weighted by atomic mass is 35.5. The maximum atomic E-state index is 13.8. The number of imide groups is 1. The molecule has 1 saturated heterocycles. The fourth-order valence-corrected chi connectivity index (χ4v) is 5.35. The van der Waals surface area contributed by atoms with E-state index in [2.05, 4.69) is 5.32 Å². The summed E-state index contributed by atoms with van der Waals surface area (Å²) in [4.78, 5) is 56.2. The maximum Gasteiger partial charge on any atom is 0.243 e. The second-order valence-electron chi connectivity index (χ2n) is 10.4. The summed E-state index contributed by atoms with van der Waals surface area (Å²) in [5, 5.41) is 3.62. The van der Waals surface area contributed by atoms with Crippen LogP contribution in [0.2, 0.25) is 5.02 Å². The summed E-state index contributed by atoms with van der Waals surface area (Å²) in [7, 11) is 0. The van der Waals surface area contributed by atoms with Crippen LogP contribution in [0.25, 0.3) is 0 Å². The van der Waals surface area contributed by atoms with Crippen molar-refractivity contribution < 1.29 is 19.2 Å². The molecule has 8 heteroatoms. The summed E-state index contributed by atoms with van der Waals surface area (Å²) in [5.41, 5.74) is 1.75. The van der Waals surface area contributed by atoms with Crippen LogP contribution in [0, 0.1) is 11.8 Å². The van der Waals surface area contributed by atoms with Gasteiger partial charge in [-0.3, -0.25) is 24.1 Å². The Balaban J connectivity index is 1.58. The normalized spacial score (nSPS) is 19.9. The number of allylic oxidation sites excluding steroid dienone is 2. The first-order valence-electron chi connectivity index (χ1n) is 13.7. The molecule has 1 fully saturated rings. The fraction of sp³-hybridized carbons (Fsp3) is 0.419.